The van der Waals surface area contributed by atoms with Crippen LogP contribution in [-0.2, 0) is 6.42 Å². The van der Waals surface area contributed by atoms with Gasteiger partial charge in [-0.25, -0.2) is 0 Å². The van der Waals surface area contributed by atoms with Gasteiger partial charge in [0.05, 0.1) is 0 Å². The molecule has 0 bridgehead atoms. The Morgan fingerprint density at radius 1 is 1.00 bits per heavy atom. The smallest absolute Gasteiger partial charge is 0.163 e. The first-order valence-electron chi connectivity index (χ1n) is 6.11. The molecule has 1 aliphatic rings. The summed E-state index contributed by atoms with van der Waals surface area (Å²) in [6, 6.07) is 11.6. The lowest BCUT2D eigenvalue weighted by molar-refractivity contribution is 0.0994. The number of carbonyl (C=O) groups is 1. The number of carbonyl (C=O) groups excluding carboxylic acids is 1. The Hall–Kier alpha value is -2.09. The van der Waals surface area contributed by atoms with Gasteiger partial charge in [-0.1, -0.05) is 24.3 Å². The molecule has 0 amide bonds. The standard InChI is InChI=1S/C16H14O2/c1-10-8-11(3-6-15(10)17)12-2-5-14-13(9-12)4-7-16(14)18/h2-3,5-6,8-9,17H,4,7H2,1H3. The van der Waals surface area contributed by atoms with E-state index in [1.807, 2.05) is 31.2 Å². The molecule has 2 aromatic rings. The van der Waals surface area contributed by atoms with Crippen LogP contribution >= 0.6 is 0 Å². The summed E-state index contributed by atoms with van der Waals surface area (Å²) in [5.41, 5.74) is 5.06. The van der Waals surface area contributed by atoms with E-state index in [1.165, 1.54) is 0 Å². The van der Waals surface area contributed by atoms with Crippen molar-refractivity contribution >= 4 is 5.78 Å². The van der Waals surface area contributed by atoms with Crippen molar-refractivity contribution in [1.29, 1.82) is 0 Å². The van der Waals surface area contributed by atoms with Crippen molar-refractivity contribution in [1.82, 2.24) is 0 Å². The maximum absolute atomic E-state index is 11.6. The average Bonchev–Trinajstić information content (AvgIpc) is 2.74. The molecule has 0 saturated heterocycles. The Kier molecular flexibility index (Phi) is 2.44. The normalized spacial score (nSPS) is 13.7. The lowest BCUT2D eigenvalue weighted by atomic mass is 9.99. The number of rotatable bonds is 1. The Balaban J connectivity index is 2.07. The Bertz CT molecular complexity index is 642. The zero-order valence-electron chi connectivity index (χ0n) is 10.2. The maximum atomic E-state index is 11.6. The third-order valence-electron chi connectivity index (χ3n) is 3.56. The van der Waals surface area contributed by atoms with E-state index >= 15 is 0 Å². The fraction of sp³-hybridized carbons (Fsp3) is 0.188. The zero-order valence-corrected chi connectivity index (χ0v) is 10.2. The van der Waals surface area contributed by atoms with Gasteiger partial charge < -0.3 is 5.11 Å². The highest BCUT2D eigenvalue weighted by Gasteiger charge is 2.19. The summed E-state index contributed by atoms with van der Waals surface area (Å²) < 4.78 is 0. The van der Waals surface area contributed by atoms with E-state index in [2.05, 4.69) is 6.07 Å². The van der Waals surface area contributed by atoms with Crippen molar-refractivity contribution in [2.75, 3.05) is 0 Å². The topological polar surface area (TPSA) is 37.3 Å². The number of Topliss-reactive ketones (excluding diaryl/α,β-unsaturated/α-hetero) is 1. The largest absolute Gasteiger partial charge is 0.508 e. The molecule has 0 heterocycles. The quantitative estimate of drug-likeness (QED) is 0.825. The Morgan fingerprint density at radius 3 is 2.50 bits per heavy atom. The number of phenols is 1. The molecule has 18 heavy (non-hydrogen) atoms. The number of hydrogen-bond acceptors (Lipinski definition) is 2. The summed E-state index contributed by atoms with van der Waals surface area (Å²) in [6.45, 7) is 1.88. The third-order valence-corrected chi connectivity index (χ3v) is 3.56. The molecule has 2 aromatic carbocycles. The van der Waals surface area contributed by atoms with Gasteiger partial charge in [-0.15, -0.1) is 0 Å². The van der Waals surface area contributed by atoms with Crippen LogP contribution in [0, 0.1) is 6.92 Å². The van der Waals surface area contributed by atoms with Crippen molar-refractivity contribution in [3.05, 3.63) is 53.1 Å². The molecule has 0 unspecified atom stereocenters. The van der Waals surface area contributed by atoms with E-state index in [0.717, 1.165) is 34.2 Å². The Morgan fingerprint density at radius 2 is 1.72 bits per heavy atom. The summed E-state index contributed by atoms with van der Waals surface area (Å²) in [5, 5.41) is 9.54. The van der Waals surface area contributed by atoms with Crippen LogP contribution < -0.4 is 0 Å². The van der Waals surface area contributed by atoms with Crippen LogP contribution in [0.1, 0.15) is 27.9 Å². The fourth-order valence-electron chi connectivity index (χ4n) is 2.47. The lowest BCUT2D eigenvalue weighted by Gasteiger charge is -2.06. The van der Waals surface area contributed by atoms with Crippen LogP contribution in [0.3, 0.4) is 0 Å². The SMILES string of the molecule is Cc1cc(-c2ccc3c(c2)CCC3=O)ccc1O. The summed E-state index contributed by atoms with van der Waals surface area (Å²) >= 11 is 0. The zero-order chi connectivity index (χ0) is 12.7. The van der Waals surface area contributed by atoms with Crippen molar-refractivity contribution in [2.24, 2.45) is 0 Å². The lowest BCUT2D eigenvalue weighted by Crippen LogP contribution is -1.91. The van der Waals surface area contributed by atoms with Crippen LogP contribution in [0.5, 0.6) is 5.75 Å². The number of benzene rings is 2. The highest BCUT2D eigenvalue weighted by atomic mass is 16.3. The molecular weight excluding hydrogens is 224 g/mol. The molecule has 0 aliphatic heterocycles. The number of ketones is 1. The monoisotopic (exact) mass is 238 g/mol. The molecular formula is C16H14O2. The maximum Gasteiger partial charge on any atom is 0.163 e. The molecule has 2 heteroatoms. The van der Waals surface area contributed by atoms with Crippen molar-refractivity contribution < 1.29 is 9.90 Å². The van der Waals surface area contributed by atoms with Crippen LogP contribution in [0.2, 0.25) is 0 Å². The molecule has 0 saturated carbocycles. The van der Waals surface area contributed by atoms with Gasteiger partial charge in [-0.3, -0.25) is 4.79 Å². The van der Waals surface area contributed by atoms with Gasteiger partial charge in [0.2, 0.25) is 0 Å². The predicted octanol–water partition coefficient (Wildman–Crippen LogP) is 3.50. The van der Waals surface area contributed by atoms with Gasteiger partial charge in [-0.2, -0.15) is 0 Å². The van der Waals surface area contributed by atoms with Crippen LogP contribution in [0.25, 0.3) is 11.1 Å². The highest BCUT2D eigenvalue weighted by Crippen LogP contribution is 2.30. The molecule has 0 radical (unpaired) electrons. The Labute approximate surface area is 106 Å². The van der Waals surface area contributed by atoms with E-state index in [9.17, 15) is 9.90 Å². The summed E-state index contributed by atoms with van der Waals surface area (Å²) in [7, 11) is 0. The van der Waals surface area contributed by atoms with Gasteiger partial charge in [0, 0.05) is 12.0 Å². The molecule has 1 N–H and O–H groups in total. The summed E-state index contributed by atoms with van der Waals surface area (Å²) in [4.78, 5) is 11.6. The van der Waals surface area contributed by atoms with E-state index in [-0.39, 0.29) is 5.78 Å². The highest BCUT2D eigenvalue weighted by molar-refractivity contribution is 6.00. The number of hydrogen-bond donors (Lipinski definition) is 1. The third kappa shape index (κ3) is 1.70. The van der Waals surface area contributed by atoms with E-state index in [0.29, 0.717) is 12.2 Å². The van der Waals surface area contributed by atoms with E-state index in [1.54, 1.807) is 6.07 Å². The number of aryl methyl sites for hydroxylation is 2. The first-order valence-corrected chi connectivity index (χ1v) is 6.11. The second kappa shape index (κ2) is 3.98. The molecule has 90 valence electrons. The van der Waals surface area contributed by atoms with E-state index in [4.69, 9.17) is 0 Å². The molecule has 1 aliphatic carbocycles. The molecule has 3 rings (SSSR count). The average molecular weight is 238 g/mol. The van der Waals surface area contributed by atoms with Crippen LogP contribution in [0.15, 0.2) is 36.4 Å². The summed E-state index contributed by atoms with van der Waals surface area (Å²) in [6.07, 6.45) is 1.48. The van der Waals surface area contributed by atoms with Gasteiger partial charge in [0.1, 0.15) is 5.75 Å². The van der Waals surface area contributed by atoms with Gasteiger partial charge in [0.15, 0.2) is 5.78 Å². The number of fused-ring (bicyclic) bond motifs is 1. The molecule has 2 nitrogen and oxygen atoms in total. The second-order valence-corrected chi connectivity index (χ2v) is 4.80. The summed E-state index contributed by atoms with van der Waals surface area (Å²) in [5.74, 6) is 0.563. The van der Waals surface area contributed by atoms with Crippen molar-refractivity contribution in [2.45, 2.75) is 19.8 Å². The molecule has 0 fully saturated rings. The fourth-order valence-corrected chi connectivity index (χ4v) is 2.47. The molecule has 0 aromatic heterocycles. The van der Waals surface area contributed by atoms with Crippen molar-refractivity contribution in [3.8, 4) is 16.9 Å². The first-order chi connectivity index (χ1) is 8.65. The molecule has 0 atom stereocenters. The van der Waals surface area contributed by atoms with Gasteiger partial charge >= 0.3 is 0 Å². The minimum atomic E-state index is 0.249. The minimum Gasteiger partial charge on any atom is -0.508 e. The van der Waals surface area contributed by atoms with E-state index < -0.39 is 0 Å². The predicted molar refractivity (Wildman–Crippen MR) is 70.9 cm³/mol. The number of phenolic OH excluding ortho intramolecular Hbond substituents is 1. The van der Waals surface area contributed by atoms with Crippen molar-refractivity contribution in [3.63, 3.8) is 0 Å². The second-order valence-electron chi connectivity index (χ2n) is 4.80. The van der Waals surface area contributed by atoms with Crippen LogP contribution in [-0.4, -0.2) is 10.9 Å². The van der Waals surface area contributed by atoms with Gasteiger partial charge in [-0.05, 0) is 47.7 Å². The first kappa shape index (κ1) is 11.0. The number of aromatic hydroxyl groups is 1. The minimum absolute atomic E-state index is 0.249. The van der Waals surface area contributed by atoms with Crippen LogP contribution in [0.4, 0.5) is 0 Å². The van der Waals surface area contributed by atoms with Gasteiger partial charge in [0.25, 0.3) is 0 Å². The molecule has 0 spiro atoms.